The summed E-state index contributed by atoms with van der Waals surface area (Å²) in [5.41, 5.74) is 5.65. The van der Waals surface area contributed by atoms with Crippen LogP contribution in [-0.2, 0) is 6.18 Å². The number of rotatable bonds is 6. The van der Waals surface area contributed by atoms with Crippen molar-refractivity contribution in [3.63, 3.8) is 0 Å². The molecule has 1 unspecified atom stereocenters. The lowest BCUT2D eigenvalue weighted by Gasteiger charge is -2.02. The van der Waals surface area contributed by atoms with Gasteiger partial charge in [-0.3, -0.25) is 4.79 Å². The normalized spacial score (nSPS) is 12.0. The standard InChI is InChI=1S/C13H15F3N3OPS/c14-13(15,16)11-7-8(19-21-11)9-3-4-10(22-9)12(20)18-6-2-1-5-17/h3-4,7,21H,1-2,5-6,17H2,(H,18,20). The zero-order valence-electron chi connectivity index (χ0n) is 11.5. The van der Waals surface area contributed by atoms with Gasteiger partial charge in [-0.25, -0.2) is 4.75 Å². The van der Waals surface area contributed by atoms with Gasteiger partial charge in [0, 0.05) is 6.54 Å². The van der Waals surface area contributed by atoms with E-state index in [0.29, 0.717) is 22.8 Å². The minimum absolute atomic E-state index is 0.227. The molecule has 0 aliphatic carbocycles. The molecule has 22 heavy (non-hydrogen) atoms. The van der Waals surface area contributed by atoms with Gasteiger partial charge in [0.25, 0.3) is 5.91 Å². The molecule has 0 saturated carbocycles. The molecule has 4 nitrogen and oxygen atoms in total. The molecule has 0 bridgehead atoms. The number of hydrogen-bond acceptors (Lipinski definition) is 4. The Morgan fingerprint density at radius 2 is 2.14 bits per heavy atom. The highest BCUT2D eigenvalue weighted by Gasteiger charge is 2.32. The maximum Gasteiger partial charge on any atom is 0.421 e. The summed E-state index contributed by atoms with van der Waals surface area (Å²) in [5.74, 6) is -0.227. The van der Waals surface area contributed by atoms with Crippen LogP contribution in [0.3, 0.4) is 0 Å². The van der Waals surface area contributed by atoms with E-state index in [1.807, 2.05) is 0 Å². The monoisotopic (exact) mass is 349 g/mol. The van der Waals surface area contributed by atoms with Crippen molar-refractivity contribution in [1.29, 1.82) is 0 Å². The van der Waals surface area contributed by atoms with E-state index in [0.717, 1.165) is 30.2 Å². The third kappa shape index (κ3) is 4.32. The van der Waals surface area contributed by atoms with Crippen molar-refractivity contribution in [3.8, 4) is 10.6 Å². The number of thiophene rings is 1. The molecular weight excluding hydrogens is 334 g/mol. The number of nitrogens with zero attached hydrogens (tertiary/aromatic N) is 1. The quantitative estimate of drug-likeness (QED) is 0.786. The number of alkyl halides is 3. The summed E-state index contributed by atoms with van der Waals surface area (Å²) >= 11 is 1.14. The SMILES string of the molecule is NCCCCNC(=O)c1ccc(-c2cc(C(F)(F)F)[pH]n2)s1. The first-order valence-corrected chi connectivity index (χ1v) is 8.39. The van der Waals surface area contributed by atoms with Crippen LogP contribution in [0.4, 0.5) is 13.2 Å². The summed E-state index contributed by atoms with van der Waals surface area (Å²) in [5, 5.41) is 2.12. The van der Waals surface area contributed by atoms with Gasteiger partial charge in [0.2, 0.25) is 0 Å². The topological polar surface area (TPSA) is 68.0 Å². The highest BCUT2D eigenvalue weighted by molar-refractivity contribution is 7.27. The summed E-state index contributed by atoms with van der Waals surface area (Å²) < 4.78 is 41.7. The van der Waals surface area contributed by atoms with E-state index in [1.165, 1.54) is 0 Å². The van der Waals surface area contributed by atoms with Crippen molar-refractivity contribution in [2.24, 2.45) is 5.73 Å². The maximum atomic E-state index is 12.6. The molecule has 0 spiro atoms. The molecule has 0 saturated heterocycles. The van der Waals surface area contributed by atoms with Crippen LogP contribution >= 0.6 is 19.7 Å². The molecule has 1 atom stereocenters. The Hall–Kier alpha value is -1.37. The summed E-state index contributed by atoms with van der Waals surface area (Å²) in [4.78, 5) is 12.9. The Kier molecular flexibility index (Phi) is 5.61. The number of nitrogens with one attached hydrogen (secondary N) is 1. The molecule has 0 aromatic carbocycles. The second kappa shape index (κ2) is 7.26. The van der Waals surface area contributed by atoms with Gasteiger partial charge in [0.1, 0.15) is 0 Å². The van der Waals surface area contributed by atoms with Gasteiger partial charge in [-0.15, -0.1) is 11.3 Å². The Bertz CT molecular complexity index is 639. The van der Waals surface area contributed by atoms with Gasteiger partial charge in [0.15, 0.2) is 0 Å². The van der Waals surface area contributed by atoms with Crippen molar-refractivity contribution in [1.82, 2.24) is 10.1 Å². The second-order valence-electron chi connectivity index (χ2n) is 4.58. The Balaban J connectivity index is 2.02. The number of carbonyl (C=O) groups is 1. The molecule has 2 rings (SSSR count). The minimum Gasteiger partial charge on any atom is -0.351 e. The third-order valence-electron chi connectivity index (χ3n) is 2.88. The van der Waals surface area contributed by atoms with Gasteiger partial charge < -0.3 is 11.1 Å². The number of carbonyl (C=O) groups excluding carboxylic acids is 1. The van der Waals surface area contributed by atoms with Crippen molar-refractivity contribution in [2.45, 2.75) is 19.0 Å². The summed E-state index contributed by atoms with van der Waals surface area (Å²) in [6, 6.07) is 4.27. The van der Waals surface area contributed by atoms with Crippen LogP contribution in [0.25, 0.3) is 10.6 Å². The molecule has 9 heteroatoms. The Morgan fingerprint density at radius 1 is 1.36 bits per heavy atom. The van der Waals surface area contributed by atoms with E-state index in [-0.39, 0.29) is 11.6 Å². The van der Waals surface area contributed by atoms with Gasteiger partial charge in [-0.1, -0.05) is 0 Å². The number of unbranched alkanes of at least 4 members (excludes halogenated alkanes) is 1. The second-order valence-corrected chi connectivity index (χ2v) is 6.65. The molecule has 2 aromatic heterocycles. The number of aromatic nitrogens is 1. The lowest BCUT2D eigenvalue weighted by molar-refractivity contribution is -0.134. The maximum absolute atomic E-state index is 12.6. The van der Waals surface area contributed by atoms with E-state index < -0.39 is 19.8 Å². The molecule has 1 amide bonds. The lowest BCUT2D eigenvalue weighted by Crippen LogP contribution is -2.23. The molecule has 2 heterocycles. The van der Waals surface area contributed by atoms with Crippen LogP contribution in [0.15, 0.2) is 18.2 Å². The molecule has 0 radical (unpaired) electrons. The zero-order chi connectivity index (χ0) is 16.2. The van der Waals surface area contributed by atoms with Crippen molar-refractivity contribution in [2.75, 3.05) is 13.1 Å². The van der Waals surface area contributed by atoms with Gasteiger partial charge in [0.05, 0.1) is 20.7 Å². The average molecular weight is 349 g/mol. The van der Waals surface area contributed by atoms with E-state index in [2.05, 4.69) is 10.1 Å². The van der Waals surface area contributed by atoms with Crippen molar-refractivity contribution < 1.29 is 18.0 Å². The van der Waals surface area contributed by atoms with Crippen molar-refractivity contribution in [3.05, 3.63) is 28.4 Å². The van der Waals surface area contributed by atoms with Crippen molar-refractivity contribution >= 4 is 25.6 Å². The van der Waals surface area contributed by atoms with E-state index in [9.17, 15) is 18.0 Å². The average Bonchev–Trinajstić information content (AvgIpc) is 3.10. The molecule has 120 valence electrons. The predicted octanol–water partition coefficient (Wildman–Crippen LogP) is 3.33. The number of amides is 1. The van der Waals surface area contributed by atoms with Crippen LogP contribution in [0, 0.1) is 0 Å². The van der Waals surface area contributed by atoms with Crippen LogP contribution in [0.5, 0.6) is 0 Å². The van der Waals surface area contributed by atoms with E-state index in [4.69, 9.17) is 5.73 Å². The Morgan fingerprint density at radius 3 is 2.77 bits per heavy atom. The summed E-state index contributed by atoms with van der Waals surface area (Å²) in [6.07, 6.45) is -2.71. The molecular formula is C13H15F3N3OPS. The number of hydrogen-bond donors (Lipinski definition) is 2. The van der Waals surface area contributed by atoms with Gasteiger partial charge in [-0.05, 0) is 45.9 Å². The summed E-state index contributed by atoms with van der Waals surface area (Å²) in [6.45, 7) is 1.11. The van der Waals surface area contributed by atoms with Gasteiger partial charge >= 0.3 is 6.18 Å². The van der Waals surface area contributed by atoms with Crippen LogP contribution in [0.1, 0.15) is 27.8 Å². The summed E-state index contributed by atoms with van der Waals surface area (Å²) in [7, 11) is -0.621. The predicted molar refractivity (Wildman–Crippen MR) is 82.7 cm³/mol. The first-order valence-electron chi connectivity index (χ1n) is 6.63. The smallest absolute Gasteiger partial charge is 0.351 e. The highest BCUT2D eigenvalue weighted by atomic mass is 32.1. The molecule has 0 aliphatic heterocycles. The molecule has 3 N–H and O–H groups in total. The molecule has 0 aliphatic rings. The molecule has 2 aromatic rings. The Labute approximate surface area is 131 Å². The number of nitrogens with two attached hydrogens (primary N) is 1. The first-order chi connectivity index (χ1) is 10.4. The highest BCUT2D eigenvalue weighted by Crippen LogP contribution is 2.38. The van der Waals surface area contributed by atoms with E-state index >= 15 is 0 Å². The van der Waals surface area contributed by atoms with Gasteiger partial charge in [-0.2, -0.15) is 13.2 Å². The third-order valence-corrected chi connectivity index (χ3v) is 5.01. The number of halogens is 3. The largest absolute Gasteiger partial charge is 0.421 e. The first kappa shape index (κ1) is 17.0. The fourth-order valence-electron chi connectivity index (χ4n) is 1.75. The minimum atomic E-state index is -4.34. The van der Waals surface area contributed by atoms with Crippen LogP contribution < -0.4 is 11.1 Å². The van der Waals surface area contributed by atoms with E-state index in [1.54, 1.807) is 12.1 Å². The fraction of sp³-hybridized carbons (Fsp3) is 0.385. The van der Waals surface area contributed by atoms with Crippen LogP contribution in [-0.4, -0.2) is 23.7 Å². The molecule has 0 fully saturated rings. The fourth-order valence-corrected chi connectivity index (χ4v) is 3.47. The lowest BCUT2D eigenvalue weighted by atomic mass is 10.3. The zero-order valence-corrected chi connectivity index (χ0v) is 13.4. The van der Waals surface area contributed by atoms with Crippen LogP contribution in [0.2, 0.25) is 0 Å².